The molecule has 0 radical (unpaired) electrons. The van der Waals surface area contributed by atoms with Crippen LogP contribution < -0.4 is 0 Å². The van der Waals surface area contributed by atoms with Crippen LogP contribution in [0.15, 0.2) is 29.0 Å². The molecule has 1 aliphatic heterocycles. The average molecular weight is 190 g/mol. The van der Waals surface area contributed by atoms with Crippen molar-refractivity contribution in [2.45, 2.75) is 26.2 Å². The lowest BCUT2D eigenvalue weighted by molar-refractivity contribution is 0.798. The van der Waals surface area contributed by atoms with Crippen LogP contribution in [-0.2, 0) is 6.42 Å². The van der Waals surface area contributed by atoms with E-state index in [1.165, 1.54) is 36.0 Å². The van der Waals surface area contributed by atoms with Crippen molar-refractivity contribution in [2.75, 3.05) is 0 Å². The first-order valence-electron chi connectivity index (χ1n) is 4.85. The predicted molar refractivity (Wildman–Crippen MR) is 59.6 cm³/mol. The Bertz CT molecular complexity index is 348. The second-order valence-corrected chi connectivity index (χ2v) is 4.17. The first kappa shape index (κ1) is 8.76. The molecule has 68 valence electrons. The summed E-state index contributed by atoms with van der Waals surface area (Å²) in [6.07, 6.45) is 3.82. The molecule has 0 aromatic carbocycles. The smallest absolute Gasteiger partial charge is 0.00122 e. The fraction of sp³-hybridized carbons (Fsp3) is 0.333. The summed E-state index contributed by atoms with van der Waals surface area (Å²) in [4.78, 5) is 0. The third-order valence-electron chi connectivity index (χ3n) is 2.43. The van der Waals surface area contributed by atoms with Gasteiger partial charge in [0.15, 0.2) is 0 Å². The Hall–Kier alpha value is -0.820. The van der Waals surface area contributed by atoms with Gasteiger partial charge in [0, 0.05) is 0 Å². The molecule has 0 bridgehead atoms. The number of hydrogen-bond acceptors (Lipinski definition) is 1. The minimum Gasteiger partial charge on any atom is -0.152 e. The second kappa shape index (κ2) is 3.93. The zero-order valence-electron chi connectivity index (χ0n) is 7.92. The maximum atomic E-state index is 2.27. The van der Waals surface area contributed by atoms with Gasteiger partial charge in [-0.15, -0.1) is 0 Å². The van der Waals surface area contributed by atoms with E-state index in [1.54, 1.807) is 11.3 Å². The highest BCUT2D eigenvalue weighted by Gasteiger charge is 2.06. The standard InChI is InChI=1S/C12H14S/c1-2-3-4-10-5-6-11-7-8-13-9-12(10)11/h5-9H,2-4H2,1H3. The molecule has 0 atom stereocenters. The SMILES string of the molecule is CCCCc1ccc2ccscc1-2. The summed E-state index contributed by atoms with van der Waals surface area (Å²) >= 11 is 1.78. The molecule has 1 aliphatic carbocycles. The minimum atomic E-state index is 1.23. The highest BCUT2D eigenvalue weighted by Crippen LogP contribution is 2.29. The van der Waals surface area contributed by atoms with Gasteiger partial charge in [0.1, 0.15) is 0 Å². The quantitative estimate of drug-likeness (QED) is 0.680. The Morgan fingerprint density at radius 1 is 1.23 bits per heavy atom. The number of aryl methyl sites for hydroxylation is 1. The van der Waals surface area contributed by atoms with E-state index in [1.807, 2.05) is 0 Å². The Kier molecular flexibility index (Phi) is 2.65. The van der Waals surface area contributed by atoms with Gasteiger partial charge in [-0.2, -0.15) is 11.3 Å². The van der Waals surface area contributed by atoms with E-state index in [0.717, 1.165) is 0 Å². The van der Waals surface area contributed by atoms with Crippen LogP contribution in [0.4, 0.5) is 0 Å². The molecule has 0 N–H and O–H groups in total. The molecule has 2 aliphatic rings. The third kappa shape index (κ3) is 1.75. The monoisotopic (exact) mass is 190 g/mol. The molecule has 13 heavy (non-hydrogen) atoms. The van der Waals surface area contributed by atoms with Gasteiger partial charge < -0.3 is 0 Å². The molecule has 1 heteroatoms. The van der Waals surface area contributed by atoms with Crippen molar-refractivity contribution in [1.29, 1.82) is 0 Å². The predicted octanol–water partition coefficient (Wildman–Crippen LogP) is 4.20. The van der Waals surface area contributed by atoms with E-state index in [0.29, 0.717) is 0 Å². The van der Waals surface area contributed by atoms with Gasteiger partial charge in [0.25, 0.3) is 0 Å². The summed E-state index contributed by atoms with van der Waals surface area (Å²) < 4.78 is 0. The Balaban J connectivity index is 2.27. The van der Waals surface area contributed by atoms with Crippen molar-refractivity contribution in [3.8, 4) is 11.1 Å². The summed E-state index contributed by atoms with van der Waals surface area (Å²) in [5.41, 5.74) is 4.37. The van der Waals surface area contributed by atoms with Crippen LogP contribution in [0.5, 0.6) is 0 Å². The molecule has 0 spiro atoms. The molecule has 0 aromatic rings. The molecule has 0 fully saturated rings. The number of rotatable bonds is 3. The molecule has 0 amide bonds. The van der Waals surface area contributed by atoms with Gasteiger partial charge in [0.05, 0.1) is 0 Å². The molecular weight excluding hydrogens is 176 g/mol. The number of unbranched alkanes of at least 4 members (excludes halogenated alkanes) is 1. The van der Waals surface area contributed by atoms with E-state index < -0.39 is 0 Å². The van der Waals surface area contributed by atoms with E-state index >= 15 is 0 Å². The van der Waals surface area contributed by atoms with Gasteiger partial charge >= 0.3 is 0 Å². The van der Waals surface area contributed by atoms with Crippen molar-refractivity contribution >= 4 is 11.3 Å². The lowest BCUT2D eigenvalue weighted by atomic mass is 10.1. The fourth-order valence-electron chi connectivity index (χ4n) is 1.65. The van der Waals surface area contributed by atoms with Crippen LogP contribution in [0, 0.1) is 0 Å². The van der Waals surface area contributed by atoms with E-state index in [2.05, 4.69) is 35.9 Å². The summed E-state index contributed by atoms with van der Waals surface area (Å²) in [6, 6.07) is 6.70. The van der Waals surface area contributed by atoms with E-state index in [-0.39, 0.29) is 0 Å². The van der Waals surface area contributed by atoms with Crippen LogP contribution in [-0.4, -0.2) is 0 Å². The van der Waals surface area contributed by atoms with Crippen molar-refractivity contribution in [3.05, 3.63) is 34.5 Å². The maximum absolute atomic E-state index is 2.27. The number of fused-ring (bicyclic) bond motifs is 1. The summed E-state index contributed by atoms with van der Waals surface area (Å²) in [5.74, 6) is 0. The molecule has 1 heterocycles. The van der Waals surface area contributed by atoms with Gasteiger partial charge in [0.2, 0.25) is 0 Å². The second-order valence-electron chi connectivity index (χ2n) is 3.39. The molecule has 0 unspecified atom stereocenters. The summed E-state index contributed by atoms with van der Waals surface area (Å²) in [5, 5.41) is 4.41. The lowest BCUT2D eigenvalue weighted by Gasteiger charge is -2.01. The Morgan fingerprint density at radius 3 is 3.00 bits per heavy atom. The van der Waals surface area contributed by atoms with Crippen molar-refractivity contribution in [2.24, 2.45) is 0 Å². The van der Waals surface area contributed by atoms with Crippen LogP contribution in [0.3, 0.4) is 0 Å². The van der Waals surface area contributed by atoms with Gasteiger partial charge in [-0.05, 0) is 46.4 Å². The zero-order valence-corrected chi connectivity index (χ0v) is 8.73. The fourth-order valence-corrected chi connectivity index (χ4v) is 2.38. The van der Waals surface area contributed by atoms with Crippen LogP contribution in [0.2, 0.25) is 0 Å². The molecule has 0 saturated carbocycles. The highest BCUT2D eigenvalue weighted by molar-refractivity contribution is 7.07. The highest BCUT2D eigenvalue weighted by atomic mass is 32.1. The normalized spacial score (nSPS) is 10.8. The van der Waals surface area contributed by atoms with Crippen LogP contribution in [0.25, 0.3) is 11.1 Å². The van der Waals surface area contributed by atoms with Gasteiger partial charge in [-0.3, -0.25) is 0 Å². The number of hydrogen-bond donors (Lipinski definition) is 0. The summed E-state index contributed by atoms with van der Waals surface area (Å²) in [7, 11) is 0. The largest absolute Gasteiger partial charge is 0.152 e. The molecule has 0 saturated heterocycles. The third-order valence-corrected chi connectivity index (χ3v) is 3.10. The zero-order chi connectivity index (χ0) is 9.10. The van der Waals surface area contributed by atoms with E-state index in [9.17, 15) is 0 Å². The topological polar surface area (TPSA) is 0 Å². The molecule has 0 nitrogen and oxygen atoms in total. The molecule has 2 rings (SSSR count). The minimum absolute atomic E-state index is 1.23. The van der Waals surface area contributed by atoms with E-state index in [4.69, 9.17) is 0 Å². The maximum Gasteiger partial charge on any atom is -0.00122 e. The average Bonchev–Trinajstić information content (AvgIpc) is 2.58. The first-order valence-corrected chi connectivity index (χ1v) is 5.80. The van der Waals surface area contributed by atoms with Gasteiger partial charge in [-0.1, -0.05) is 25.5 Å². The first-order chi connectivity index (χ1) is 6.42. The lowest BCUT2D eigenvalue weighted by Crippen LogP contribution is -1.83. The molecule has 0 aromatic heterocycles. The molecular formula is C12H14S. The van der Waals surface area contributed by atoms with Crippen LogP contribution >= 0.6 is 11.3 Å². The van der Waals surface area contributed by atoms with Crippen LogP contribution in [0.1, 0.15) is 25.3 Å². The van der Waals surface area contributed by atoms with Crippen molar-refractivity contribution in [3.63, 3.8) is 0 Å². The Morgan fingerprint density at radius 2 is 2.15 bits per heavy atom. The van der Waals surface area contributed by atoms with Gasteiger partial charge in [-0.25, -0.2) is 0 Å². The van der Waals surface area contributed by atoms with Crippen molar-refractivity contribution < 1.29 is 0 Å². The Labute approximate surface area is 83.6 Å². The van der Waals surface area contributed by atoms with Crippen molar-refractivity contribution in [1.82, 2.24) is 0 Å². The summed E-state index contributed by atoms with van der Waals surface area (Å²) in [6.45, 7) is 2.24.